The lowest BCUT2D eigenvalue weighted by molar-refractivity contribution is 0.728. The molecule has 0 bridgehead atoms. The third-order valence-electron chi connectivity index (χ3n) is 3.54. The Morgan fingerprint density at radius 2 is 1.95 bits per heavy atom. The van der Waals surface area contributed by atoms with Crippen LogP contribution in [0.15, 0.2) is 41.0 Å². The molecule has 0 amide bonds. The number of fused-ring (bicyclic) bond motifs is 1. The topological polar surface area (TPSA) is 42.7 Å². The zero-order valence-electron chi connectivity index (χ0n) is 12.1. The average Bonchev–Trinajstić information content (AvgIpc) is 2.83. The molecule has 0 radical (unpaired) electrons. The van der Waals surface area contributed by atoms with Gasteiger partial charge in [-0.05, 0) is 54.0 Å². The van der Waals surface area contributed by atoms with Gasteiger partial charge in [-0.2, -0.15) is 0 Å². The molecule has 0 saturated carbocycles. The molecule has 2 aromatic heterocycles. The molecule has 108 valence electrons. The third-order valence-corrected chi connectivity index (χ3v) is 3.98. The summed E-state index contributed by atoms with van der Waals surface area (Å²) >= 11 is 3.38. The van der Waals surface area contributed by atoms with Gasteiger partial charge in [0, 0.05) is 6.54 Å². The van der Waals surface area contributed by atoms with E-state index < -0.39 is 0 Å². The highest BCUT2D eigenvalue weighted by atomic mass is 79.9. The summed E-state index contributed by atoms with van der Waals surface area (Å²) in [5.41, 5.74) is 4.24. The molecule has 0 saturated heterocycles. The van der Waals surface area contributed by atoms with E-state index in [1.165, 1.54) is 5.52 Å². The number of halogens is 1. The van der Waals surface area contributed by atoms with Gasteiger partial charge < -0.3 is 9.88 Å². The first-order chi connectivity index (χ1) is 10.2. The number of nitrogens with one attached hydrogen (secondary N) is 1. The van der Waals surface area contributed by atoms with Crippen molar-refractivity contribution < 1.29 is 0 Å². The minimum atomic E-state index is 0.687. The zero-order valence-corrected chi connectivity index (χ0v) is 13.7. The van der Waals surface area contributed by atoms with E-state index in [9.17, 15) is 0 Å². The fraction of sp³-hybridized carbons (Fsp3) is 0.250. The number of hydrogen-bond acceptors (Lipinski definition) is 3. The maximum atomic E-state index is 4.72. The number of rotatable bonds is 4. The summed E-state index contributed by atoms with van der Waals surface area (Å²) in [7, 11) is 0. The second kappa shape index (κ2) is 5.85. The van der Waals surface area contributed by atoms with Crippen LogP contribution in [-0.4, -0.2) is 14.5 Å². The maximum Gasteiger partial charge on any atom is 0.129 e. The van der Waals surface area contributed by atoms with Crippen LogP contribution in [0.4, 0.5) is 5.69 Å². The van der Waals surface area contributed by atoms with E-state index in [1.54, 1.807) is 0 Å². The molecule has 0 aliphatic rings. The third kappa shape index (κ3) is 2.78. The first-order valence-corrected chi connectivity index (χ1v) is 7.79. The van der Waals surface area contributed by atoms with E-state index in [0.29, 0.717) is 6.54 Å². The molecule has 21 heavy (non-hydrogen) atoms. The summed E-state index contributed by atoms with van der Waals surface area (Å²) in [5.74, 6) is 1.04. The van der Waals surface area contributed by atoms with Crippen molar-refractivity contribution in [2.45, 2.75) is 26.9 Å². The molecule has 3 aromatic rings. The molecular weight excluding hydrogens is 328 g/mol. The number of aryl methyl sites for hydroxylation is 2. The SMILES string of the molecule is CCn1c(CNc2ccc(Br)nc2C)nc2ccccc21. The van der Waals surface area contributed by atoms with Crippen LogP contribution in [-0.2, 0) is 13.1 Å². The Morgan fingerprint density at radius 3 is 2.71 bits per heavy atom. The van der Waals surface area contributed by atoms with E-state index in [-0.39, 0.29) is 0 Å². The van der Waals surface area contributed by atoms with Gasteiger partial charge in [-0.3, -0.25) is 0 Å². The number of hydrogen-bond donors (Lipinski definition) is 1. The van der Waals surface area contributed by atoms with Crippen molar-refractivity contribution in [3.8, 4) is 0 Å². The predicted molar refractivity (Wildman–Crippen MR) is 89.4 cm³/mol. The van der Waals surface area contributed by atoms with Crippen LogP contribution in [0.5, 0.6) is 0 Å². The fourth-order valence-corrected chi connectivity index (χ4v) is 2.90. The van der Waals surface area contributed by atoms with Crippen LogP contribution in [0, 0.1) is 6.92 Å². The quantitative estimate of drug-likeness (QED) is 0.723. The second-order valence-electron chi connectivity index (χ2n) is 4.88. The average molecular weight is 345 g/mol. The van der Waals surface area contributed by atoms with Gasteiger partial charge in [0.2, 0.25) is 0 Å². The van der Waals surface area contributed by atoms with Gasteiger partial charge in [-0.25, -0.2) is 9.97 Å². The van der Waals surface area contributed by atoms with Crippen molar-refractivity contribution >= 4 is 32.7 Å². The first kappa shape index (κ1) is 14.1. The Bertz CT molecular complexity index is 779. The number of para-hydroxylation sites is 2. The Hall–Kier alpha value is -1.88. The number of aromatic nitrogens is 3. The molecule has 3 rings (SSSR count). The van der Waals surface area contributed by atoms with Gasteiger partial charge in [-0.1, -0.05) is 12.1 Å². The highest BCUT2D eigenvalue weighted by molar-refractivity contribution is 9.10. The summed E-state index contributed by atoms with van der Waals surface area (Å²) in [5, 5.41) is 3.43. The first-order valence-electron chi connectivity index (χ1n) is 7.00. The summed E-state index contributed by atoms with van der Waals surface area (Å²) in [6.07, 6.45) is 0. The Labute approximate surface area is 132 Å². The molecule has 0 atom stereocenters. The number of imidazole rings is 1. The van der Waals surface area contributed by atoms with E-state index >= 15 is 0 Å². The smallest absolute Gasteiger partial charge is 0.129 e. The van der Waals surface area contributed by atoms with Gasteiger partial charge in [0.15, 0.2) is 0 Å². The lowest BCUT2D eigenvalue weighted by Gasteiger charge is -2.10. The van der Waals surface area contributed by atoms with E-state index in [4.69, 9.17) is 4.98 Å². The lowest BCUT2D eigenvalue weighted by atomic mass is 10.3. The van der Waals surface area contributed by atoms with Crippen molar-refractivity contribution in [3.05, 3.63) is 52.5 Å². The van der Waals surface area contributed by atoms with Crippen LogP contribution in [0.25, 0.3) is 11.0 Å². The molecule has 4 nitrogen and oxygen atoms in total. The zero-order chi connectivity index (χ0) is 14.8. The molecule has 0 fully saturated rings. The molecule has 5 heteroatoms. The summed E-state index contributed by atoms with van der Waals surface area (Å²) in [6.45, 7) is 5.74. The van der Waals surface area contributed by atoms with Crippen molar-refractivity contribution in [2.75, 3.05) is 5.32 Å². The van der Waals surface area contributed by atoms with Crippen molar-refractivity contribution in [2.24, 2.45) is 0 Å². The standard InChI is InChI=1S/C16H17BrN4/c1-3-21-14-7-5-4-6-13(14)20-16(21)10-18-12-8-9-15(17)19-11(12)2/h4-9,18H,3,10H2,1-2H3. The van der Waals surface area contributed by atoms with Crippen molar-refractivity contribution in [3.63, 3.8) is 0 Å². The van der Waals surface area contributed by atoms with Gasteiger partial charge in [0.1, 0.15) is 10.4 Å². The Balaban J connectivity index is 1.88. The molecule has 0 unspecified atom stereocenters. The van der Waals surface area contributed by atoms with Crippen molar-refractivity contribution in [1.82, 2.24) is 14.5 Å². The number of benzene rings is 1. The van der Waals surface area contributed by atoms with Gasteiger partial charge in [-0.15, -0.1) is 0 Å². The van der Waals surface area contributed by atoms with Gasteiger partial charge in [0.25, 0.3) is 0 Å². The largest absolute Gasteiger partial charge is 0.376 e. The minimum Gasteiger partial charge on any atom is -0.376 e. The minimum absolute atomic E-state index is 0.687. The molecule has 0 aliphatic heterocycles. The molecule has 2 heterocycles. The van der Waals surface area contributed by atoms with Crippen LogP contribution in [0.1, 0.15) is 18.4 Å². The molecular formula is C16H17BrN4. The monoisotopic (exact) mass is 344 g/mol. The predicted octanol–water partition coefficient (Wildman–Crippen LogP) is 4.13. The van der Waals surface area contributed by atoms with E-state index in [2.05, 4.69) is 55.9 Å². The second-order valence-corrected chi connectivity index (χ2v) is 5.69. The maximum absolute atomic E-state index is 4.72. The number of nitrogens with zero attached hydrogens (tertiary/aromatic N) is 3. The van der Waals surface area contributed by atoms with Crippen LogP contribution in [0.2, 0.25) is 0 Å². The number of anilines is 1. The van der Waals surface area contributed by atoms with Crippen LogP contribution < -0.4 is 5.32 Å². The Morgan fingerprint density at radius 1 is 1.14 bits per heavy atom. The van der Waals surface area contributed by atoms with Gasteiger partial charge in [0.05, 0.1) is 29.0 Å². The summed E-state index contributed by atoms with van der Waals surface area (Å²) in [4.78, 5) is 9.11. The van der Waals surface area contributed by atoms with Crippen LogP contribution >= 0.6 is 15.9 Å². The Kier molecular flexibility index (Phi) is 3.92. The van der Waals surface area contributed by atoms with E-state index in [0.717, 1.165) is 33.9 Å². The van der Waals surface area contributed by atoms with Gasteiger partial charge >= 0.3 is 0 Å². The fourth-order valence-electron chi connectivity index (χ4n) is 2.50. The highest BCUT2D eigenvalue weighted by Crippen LogP contribution is 2.19. The number of pyridine rings is 1. The highest BCUT2D eigenvalue weighted by Gasteiger charge is 2.09. The lowest BCUT2D eigenvalue weighted by Crippen LogP contribution is -2.09. The molecule has 0 aliphatic carbocycles. The van der Waals surface area contributed by atoms with E-state index in [1.807, 2.05) is 25.1 Å². The normalized spacial score (nSPS) is 11.0. The molecule has 1 aromatic carbocycles. The molecule has 0 spiro atoms. The summed E-state index contributed by atoms with van der Waals surface area (Å²) < 4.78 is 3.09. The summed E-state index contributed by atoms with van der Waals surface area (Å²) in [6, 6.07) is 12.2. The van der Waals surface area contributed by atoms with Crippen molar-refractivity contribution in [1.29, 1.82) is 0 Å². The van der Waals surface area contributed by atoms with Crippen LogP contribution in [0.3, 0.4) is 0 Å². The molecule has 1 N–H and O–H groups in total.